The molecule has 1 N–H and O–H groups in total. The molecule has 98 valence electrons. The van der Waals surface area contributed by atoms with Crippen LogP contribution in [0.1, 0.15) is 18.9 Å². The maximum atomic E-state index is 10.8. The van der Waals surface area contributed by atoms with Gasteiger partial charge in [0.1, 0.15) is 0 Å². The number of anilines is 1. The van der Waals surface area contributed by atoms with E-state index >= 15 is 0 Å². The van der Waals surface area contributed by atoms with E-state index in [0.29, 0.717) is 6.04 Å². The number of nitro groups is 1. The van der Waals surface area contributed by atoms with E-state index in [1.807, 2.05) is 12.1 Å². The topological polar surface area (TPSA) is 58.4 Å². The van der Waals surface area contributed by atoms with E-state index in [1.54, 1.807) is 13.0 Å². The second-order valence-corrected chi connectivity index (χ2v) is 4.73. The lowest BCUT2D eigenvalue weighted by Crippen LogP contribution is -2.57. The van der Waals surface area contributed by atoms with Crippen LogP contribution in [0.25, 0.3) is 0 Å². The number of nitro benzene ring substituents is 1. The molecular weight excluding hydrogens is 230 g/mol. The average molecular weight is 249 g/mol. The van der Waals surface area contributed by atoms with Crippen LogP contribution in [0.5, 0.6) is 0 Å². The minimum atomic E-state index is -0.325. The summed E-state index contributed by atoms with van der Waals surface area (Å²) < 4.78 is 0. The summed E-state index contributed by atoms with van der Waals surface area (Å²) in [6.07, 6.45) is 1.08. The SMILES string of the molecule is CCCN(c1ccc([N+](=O)[O-])c(C)c1)C1CNC1. The largest absolute Gasteiger partial charge is 0.366 e. The third kappa shape index (κ3) is 2.46. The van der Waals surface area contributed by atoms with Crippen molar-refractivity contribution in [3.63, 3.8) is 0 Å². The Hall–Kier alpha value is -1.62. The van der Waals surface area contributed by atoms with Crippen LogP contribution in [0.4, 0.5) is 11.4 Å². The summed E-state index contributed by atoms with van der Waals surface area (Å²) in [5.74, 6) is 0. The van der Waals surface area contributed by atoms with Gasteiger partial charge in [0, 0.05) is 37.0 Å². The highest BCUT2D eigenvalue weighted by molar-refractivity contribution is 5.56. The van der Waals surface area contributed by atoms with Crippen LogP contribution in [0.3, 0.4) is 0 Å². The first kappa shape index (κ1) is 12.8. The number of hydrogen-bond donors (Lipinski definition) is 1. The van der Waals surface area contributed by atoms with Crippen molar-refractivity contribution in [3.05, 3.63) is 33.9 Å². The molecule has 5 nitrogen and oxygen atoms in total. The van der Waals surface area contributed by atoms with E-state index in [2.05, 4.69) is 17.1 Å². The fourth-order valence-electron chi connectivity index (χ4n) is 2.28. The van der Waals surface area contributed by atoms with Crippen molar-refractivity contribution in [2.75, 3.05) is 24.5 Å². The molecule has 18 heavy (non-hydrogen) atoms. The summed E-state index contributed by atoms with van der Waals surface area (Å²) in [5, 5.41) is 14.1. The number of hydrogen-bond acceptors (Lipinski definition) is 4. The Morgan fingerprint density at radius 3 is 2.67 bits per heavy atom. The van der Waals surface area contributed by atoms with Crippen molar-refractivity contribution in [2.24, 2.45) is 0 Å². The summed E-state index contributed by atoms with van der Waals surface area (Å²) in [5.41, 5.74) is 2.01. The molecule has 1 aromatic rings. The number of rotatable bonds is 5. The second kappa shape index (κ2) is 5.35. The number of aryl methyl sites for hydroxylation is 1. The van der Waals surface area contributed by atoms with Gasteiger partial charge in [-0.05, 0) is 25.5 Å². The molecular formula is C13H19N3O2. The van der Waals surface area contributed by atoms with Gasteiger partial charge in [0.05, 0.1) is 11.0 Å². The number of nitrogens with one attached hydrogen (secondary N) is 1. The van der Waals surface area contributed by atoms with Crippen molar-refractivity contribution < 1.29 is 4.92 Å². The maximum absolute atomic E-state index is 10.8. The quantitative estimate of drug-likeness (QED) is 0.641. The van der Waals surface area contributed by atoms with Crippen LogP contribution in [0.15, 0.2) is 18.2 Å². The molecule has 1 aliphatic heterocycles. The Balaban J connectivity index is 2.24. The zero-order valence-electron chi connectivity index (χ0n) is 10.8. The van der Waals surface area contributed by atoms with Gasteiger partial charge in [0.15, 0.2) is 0 Å². The van der Waals surface area contributed by atoms with Gasteiger partial charge in [-0.1, -0.05) is 6.92 Å². The normalized spacial score (nSPS) is 15.2. The van der Waals surface area contributed by atoms with Crippen LogP contribution in [0.2, 0.25) is 0 Å². The fourth-order valence-corrected chi connectivity index (χ4v) is 2.28. The molecule has 0 spiro atoms. The van der Waals surface area contributed by atoms with Gasteiger partial charge < -0.3 is 10.2 Å². The number of nitrogens with zero attached hydrogens (tertiary/aromatic N) is 2. The van der Waals surface area contributed by atoms with Gasteiger partial charge in [0.25, 0.3) is 5.69 Å². The van der Waals surface area contributed by atoms with Gasteiger partial charge in [-0.3, -0.25) is 10.1 Å². The standard InChI is InChI=1S/C13H19N3O2/c1-3-6-15(12-8-14-9-12)11-4-5-13(16(17)18)10(2)7-11/h4-5,7,12,14H,3,6,8-9H2,1-2H3. The summed E-state index contributed by atoms with van der Waals surface area (Å²) in [6.45, 7) is 6.93. The maximum Gasteiger partial charge on any atom is 0.272 e. The van der Waals surface area contributed by atoms with Crippen molar-refractivity contribution in [2.45, 2.75) is 26.3 Å². The summed E-state index contributed by atoms with van der Waals surface area (Å²) in [4.78, 5) is 12.8. The van der Waals surface area contributed by atoms with Crippen molar-refractivity contribution >= 4 is 11.4 Å². The smallest absolute Gasteiger partial charge is 0.272 e. The Morgan fingerprint density at radius 1 is 1.50 bits per heavy atom. The van der Waals surface area contributed by atoms with Crippen LogP contribution in [-0.2, 0) is 0 Å². The minimum absolute atomic E-state index is 0.196. The molecule has 5 heteroatoms. The first-order valence-corrected chi connectivity index (χ1v) is 6.36. The summed E-state index contributed by atoms with van der Waals surface area (Å²) in [6, 6.07) is 5.91. The van der Waals surface area contributed by atoms with Gasteiger partial charge in [-0.2, -0.15) is 0 Å². The minimum Gasteiger partial charge on any atom is -0.366 e. The van der Waals surface area contributed by atoms with E-state index < -0.39 is 0 Å². The van der Waals surface area contributed by atoms with Crippen LogP contribution < -0.4 is 10.2 Å². The Morgan fingerprint density at radius 2 is 2.22 bits per heavy atom. The predicted molar refractivity (Wildman–Crippen MR) is 72.1 cm³/mol. The molecule has 1 fully saturated rings. The highest BCUT2D eigenvalue weighted by Crippen LogP contribution is 2.26. The molecule has 0 atom stereocenters. The predicted octanol–water partition coefficient (Wildman–Crippen LogP) is 2.09. The lowest BCUT2D eigenvalue weighted by molar-refractivity contribution is -0.385. The molecule has 1 heterocycles. The van der Waals surface area contributed by atoms with E-state index in [9.17, 15) is 10.1 Å². The zero-order chi connectivity index (χ0) is 13.1. The molecule has 0 unspecified atom stereocenters. The molecule has 0 amide bonds. The summed E-state index contributed by atoms with van der Waals surface area (Å²) in [7, 11) is 0. The first-order chi connectivity index (χ1) is 8.63. The second-order valence-electron chi connectivity index (χ2n) is 4.73. The Kier molecular flexibility index (Phi) is 3.81. The van der Waals surface area contributed by atoms with Crippen molar-refractivity contribution in [1.29, 1.82) is 0 Å². The van der Waals surface area contributed by atoms with E-state index in [-0.39, 0.29) is 10.6 Å². The highest BCUT2D eigenvalue weighted by atomic mass is 16.6. The van der Waals surface area contributed by atoms with Crippen LogP contribution in [0, 0.1) is 17.0 Å². The Labute approximate surface area is 107 Å². The van der Waals surface area contributed by atoms with E-state index in [4.69, 9.17) is 0 Å². The lowest BCUT2D eigenvalue weighted by Gasteiger charge is -2.40. The van der Waals surface area contributed by atoms with Crippen molar-refractivity contribution in [1.82, 2.24) is 5.32 Å². The van der Waals surface area contributed by atoms with E-state index in [0.717, 1.165) is 37.3 Å². The lowest BCUT2D eigenvalue weighted by atomic mass is 10.1. The van der Waals surface area contributed by atoms with Crippen LogP contribution >= 0.6 is 0 Å². The third-order valence-electron chi connectivity index (χ3n) is 3.37. The van der Waals surface area contributed by atoms with Gasteiger partial charge >= 0.3 is 0 Å². The highest BCUT2D eigenvalue weighted by Gasteiger charge is 2.25. The van der Waals surface area contributed by atoms with Gasteiger partial charge in [0.2, 0.25) is 0 Å². The summed E-state index contributed by atoms with van der Waals surface area (Å²) >= 11 is 0. The molecule has 0 radical (unpaired) electrons. The zero-order valence-corrected chi connectivity index (χ0v) is 10.8. The van der Waals surface area contributed by atoms with Crippen LogP contribution in [-0.4, -0.2) is 30.6 Å². The van der Waals surface area contributed by atoms with Gasteiger partial charge in [-0.25, -0.2) is 0 Å². The third-order valence-corrected chi connectivity index (χ3v) is 3.37. The fraction of sp³-hybridized carbons (Fsp3) is 0.538. The van der Waals surface area contributed by atoms with Crippen molar-refractivity contribution in [3.8, 4) is 0 Å². The average Bonchev–Trinajstić information content (AvgIpc) is 2.25. The molecule has 2 rings (SSSR count). The molecule has 0 bridgehead atoms. The Bertz CT molecular complexity index is 444. The van der Waals surface area contributed by atoms with Gasteiger partial charge in [-0.15, -0.1) is 0 Å². The molecule has 1 aromatic carbocycles. The molecule has 0 saturated carbocycles. The van der Waals surface area contributed by atoms with E-state index in [1.165, 1.54) is 0 Å². The number of benzene rings is 1. The molecule has 0 aromatic heterocycles. The molecule has 1 aliphatic rings. The molecule has 0 aliphatic carbocycles. The molecule has 1 saturated heterocycles. The monoisotopic (exact) mass is 249 g/mol. The first-order valence-electron chi connectivity index (χ1n) is 6.36.